The van der Waals surface area contributed by atoms with Gasteiger partial charge in [0.05, 0.1) is 0 Å². The fraction of sp³-hybridized carbons (Fsp3) is 0.375. The summed E-state index contributed by atoms with van der Waals surface area (Å²) in [7, 11) is 0. The first-order valence-electron chi connectivity index (χ1n) is 10.5. The maximum absolute atomic E-state index is 13.5. The topological polar surface area (TPSA) is 69.7 Å². The standard InChI is InChI=1S/C24H27N3O3/c1-16-7-3-4-8-21(16)23(29)27-15-19-13-20(25-17(2)28)10-9-18(19)14-22(27)24(30)26-11-5-6-12-26/h3-4,7-10,13,22H,5-6,11-12,14-15H2,1-2H3,(H,25,28). The molecule has 2 aliphatic heterocycles. The van der Waals surface area contributed by atoms with Crippen molar-refractivity contribution >= 4 is 23.4 Å². The van der Waals surface area contributed by atoms with Gasteiger partial charge in [-0.15, -0.1) is 0 Å². The van der Waals surface area contributed by atoms with Gasteiger partial charge in [0.2, 0.25) is 11.8 Å². The molecule has 1 fully saturated rings. The Morgan fingerprint density at radius 2 is 1.73 bits per heavy atom. The molecule has 6 heteroatoms. The van der Waals surface area contributed by atoms with Crippen molar-refractivity contribution in [2.24, 2.45) is 0 Å². The molecule has 3 amide bonds. The van der Waals surface area contributed by atoms with Crippen molar-refractivity contribution in [3.05, 3.63) is 64.7 Å². The molecule has 1 atom stereocenters. The number of hydrogen-bond acceptors (Lipinski definition) is 3. The van der Waals surface area contributed by atoms with Crippen molar-refractivity contribution in [3.63, 3.8) is 0 Å². The molecule has 1 N–H and O–H groups in total. The fourth-order valence-electron chi connectivity index (χ4n) is 4.42. The molecule has 30 heavy (non-hydrogen) atoms. The third-order valence-corrected chi connectivity index (χ3v) is 6.00. The van der Waals surface area contributed by atoms with Gasteiger partial charge in [-0.2, -0.15) is 0 Å². The number of carbonyl (C=O) groups is 3. The number of hydrogen-bond donors (Lipinski definition) is 1. The Morgan fingerprint density at radius 3 is 2.43 bits per heavy atom. The van der Waals surface area contributed by atoms with Gasteiger partial charge in [-0.1, -0.05) is 24.3 Å². The van der Waals surface area contributed by atoms with E-state index >= 15 is 0 Å². The summed E-state index contributed by atoms with van der Waals surface area (Å²) in [5.41, 5.74) is 4.24. The predicted octanol–water partition coefficient (Wildman–Crippen LogP) is 3.14. The SMILES string of the molecule is CC(=O)Nc1ccc2c(c1)CN(C(=O)c1ccccc1C)C(C(=O)N1CCCC1)C2. The van der Waals surface area contributed by atoms with Crippen LogP contribution in [0.15, 0.2) is 42.5 Å². The quantitative estimate of drug-likeness (QED) is 0.853. The summed E-state index contributed by atoms with van der Waals surface area (Å²) in [5.74, 6) is -0.229. The molecular formula is C24H27N3O3. The Labute approximate surface area is 176 Å². The number of nitrogens with one attached hydrogen (secondary N) is 1. The Hall–Kier alpha value is -3.15. The first kappa shape index (κ1) is 20.1. The molecule has 2 aromatic carbocycles. The maximum Gasteiger partial charge on any atom is 0.255 e. The van der Waals surface area contributed by atoms with Crippen LogP contribution < -0.4 is 5.32 Å². The van der Waals surface area contributed by atoms with Crippen LogP contribution in [0.4, 0.5) is 5.69 Å². The first-order chi connectivity index (χ1) is 14.4. The molecule has 6 nitrogen and oxygen atoms in total. The number of amides is 3. The van der Waals surface area contributed by atoms with Gasteiger partial charge in [-0.05, 0) is 54.7 Å². The average Bonchev–Trinajstić information content (AvgIpc) is 3.26. The molecule has 0 radical (unpaired) electrons. The van der Waals surface area contributed by atoms with E-state index in [1.807, 2.05) is 54.3 Å². The van der Waals surface area contributed by atoms with E-state index in [0.717, 1.165) is 42.6 Å². The summed E-state index contributed by atoms with van der Waals surface area (Å²) in [6.07, 6.45) is 2.52. The van der Waals surface area contributed by atoms with Crippen molar-refractivity contribution in [2.75, 3.05) is 18.4 Å². The van der Waals surface area contributed by atoms with E-state index in [0.29, 0.717) is 24.2 Å². The van der Waals surface area contributed by atoms with Crippen LogP contribution in [0.2, 0.25) is 0 Å². The van der Waals surface area contributed by atoms with Crippen LogP contribution in [0.3, 0.4) is 0 Å². The predicted molar refractivity (Wildman–Crippen MR) is 115 cm³/mol. The molecule has 0 bridgehead atoms. The van der Waals surface area contributed by atoms with Crippen molar-refractivity contribution < 1.29 is 14.4 Å². The number of anilines is 1. The average molecular weight is 405 g/mol. The van der Waals surface area contributed by atoms with E-state index in [2.05, 4.69) is 5.32 Å². The van der Waals surface area contributed by atoms with Crippen LogP contribution in [0.1, 0.15) is 46.8 Å². The second kappa shape index (κ2) is 8.30. The van der Waals surface area contributed by atoms with Crippen LogP contribution >= 0.6 is 0 Å². The summed E-state index contributed by atoms with van der Waals surface area (Å²) < 4.78 is 0. The number of nitrogens with zero attached hydrogens (tertiary/aromatic N) is 2. The van der Waals surface area contributed by atoms with Crippen LogP contribution in [0.25, 0.3) is 0 Å². The minimum atomic E-state index is -0.505. The Balaban J connectivity index is 1.70. The normalized spacial score (nSPS) is 18.1. The number of aryl methyl sites for hydroxylation is 1. The van der Waals surface area contributed by atoms with Gasteiger partial charge in [0.25, 0.3) is 5.91 Å². The molecule has 2 heterocycles. The van der Waals surface area contributed by atoms with Gasteiger partial charge in [0.1, 0.15) is 6.04 Å². The molecular weight excluding hydrogens is 378 g/mol. The zero-order valence-corrected chi connectivity index (χ0v) is 17.5. The number of benzene rings is 2. The highest BCUT2D eigenvalue weighted by molar-refractivity contribution is 5.99. The minimum absolute atomic E-state index is 0.0334. The monoisotopic (exact) mass is 405 g/mol. The number of carbonyl (C=O) groups excluding carboxylic acids is 3. The third-order valence-electron chi connectivity index (χ3n) is 6.00. The lowest BCUT2D eigenvalue weighted by atomic mass is 9.91. The van der Waals surface area contributed by atoms with Gasteiger partial charge in [-0.25, -0.2) is 0 Å². The van der Waals surface area contributed by atoms with E-state index in [-0.39, 0.29) is 17.7 Å². The van der Waals surface area contributed by atoms with E-state index < -0.39 is 6.04 Å². The second-order valence-corrected chi connectivity index (χ2v) is 8.16. The molecule has 1 unspecified atom stereocenters. The van der Waals surface area contributed by atoms with E-state index in [1.165, 1.54) is 6.92 Å². The van der Waals surface area contributed by atoms with E-state index in [9.17, 15) is 14.4 Å². The van der Waals surface area contributed by atoms with Crippen molar-refractivity contribution in [2.45, 2.75) is 45.7 Å². The molecule has 0 saturated carbocycles. The molecule has 0 spiro atoms. The van der Waals surface area contributed by atoms with Crippen LogP contribution in [0.5, 0.6) is 0 Å². The zero-order valence-electron chi connectivity index (χ0n) is 17.5. The van der Waals surface area contributed by atoms with Gasteiger partial charge in [0.15, 0.2) is 0 Å². The third kappa shape index (κ3) is 3.95. The van der Waals surface area contributed by atoms with E-state index in [4.69, 9.17) is 0 Å². The summed E-state index contributed by atoms with van der Waals surface area (Å²) >= 11 is 0. The van der Waals surface area contributed by atoms with Crippen LogP contribution in [0, 0.1) is 6.92 Å². The smallest absolute Gasteiger partial charge is 0.255 e. The Bertz CT molecular complexity index is 995. The molecule has 1 saturated heterocycles. The lowest BCUT2D eigenvalue weighted by Gasteiger charge is -2.38. The molecule has 0 aliphatic carbocycles. The highest BCUT2D eigenvalue weighted by Gasteiger charge is 2.38. The molecule has 2 aromatic rings. The summed E-state index contributed by atoms with van der Waals surface area (Å²) in [6.45, 7) is 5.25. The Kier molecular flexibility index (Phi) is 5.57. The largest absolute Gasteiger partial charge is 0.341 e. The summed E-state index contributed by atoms with van der Waals surface area (Å²) in [4.78, 5) is 41.9. The van der Waals surface area contributed by atoms with Gasteiger partial charge < -0.3 is 15.1 Å². The highest BCUT2D eigenvalue weighted by atomic mass is 16.2. The number of rotatable bonds is 3. The van der Waals surface area contributed by atoms with Crippen molar-refractivity contribution in [3.8, 4) is 0 Å². The van der Waals surface area contributed by atoms with Crippen molar-refractivity contribution in [1.82, 2.24) is 9.80 Å². The number of likely N-dealkylation sites (tertiary alicyclic amines) is 1. The first-order valence-corrected chi connectivity index (χ1v) is 10.5. The minimum Gasteiger partial charge on any atom is -0.341 e. The fourth-order valence-corrected chi connectivity index (χ4v) is 4.42. The molecule has 2 aliphatic rings. The maximum atomic E-state index is 13.5. The van der Waals surface area contributed by atoms with Gasteiger partial charge >= 0.3 is 0 Å². The summed E-state index contributed by atoms with van der Waals surface area (Å²) in [6, 6.07) is 12.7. The highest BCUT2D eigenvalue weighted by Crippen LogP contribution is 2.29. The van der Waals surface area contributed by atoms with Crippen LogP contribution in [-0.2, 0) is 22.6 Å². The Morgan fingerprint density at radius 1 is 1.00 bits per heavy atom. The lowest BCUT2D eigenvalue weighted by molar-refractivity contribution is -0.135. The number of fused-ring (bicyclic) bond motifs is 1. The van der Waals surface area contributed by atoms with E-state index in [1.54, 1.807) is 4.90 Å². The molecule has 0 aromatic heterocycles. The lowest BCUT2D eigenvalue weighted by Crippen LogP contribution is -2.53. The molecule has 156 valence electrons. The van der Waals surface area contributed by atoms with Crippen LogP contribution in [-0.4, -0.2) is 46.7 Å². The second-order valence-electron chi connectivity index (χ2n) is 8.16. The molecule has 4 rings (SSSR count). The van der Waals surface area contributed by atoms with Gasteiger partial charge in [0, 0.05) is 44.2 Å². The summed E-state index contributed by atoms with van der Waals surface area (Å²) in [5, 5.41) is 2.80. The van der Waals surface area contributed by atoms with Crippen molar-refractivity contribution in [1.29, 1.82) is 0 Å². The zero-order chi connectivity index (χ0) is 21.3. The van der Waals surface area contributed by atoms with Gasteiger partial charge in [-0.3, -0.25) is 14.4 Å².